The fourth-order valence-electron chi connectivity index (χ4n) is 3.94. The summed E-state index contributed by atoms with van der Waals surface area (Å²) in [6.07, 6.45) is 2.00. The lowest BCUT2D eigenvalue weighted by Crippen LogP contribution is -2.31. The number of aromatic carboxylic acids is 1. The van der Waals surface area contributed by atoms with E-state index in [1.165, 1.54) is 0 Å². The first kappa shape index (κ1) is 19.9. The lowest BCUT2D eigenvalue weighted by molar-refractivity contribution is 0.0696. The van der Waals surface area contributed by atoms with Gasteiger partial charge in [-0.15, -0.1) is 0 Å². The summed E-state index contributed by atoms with van der Waals surface area (Å²) < 4.78 is 5.50. The van der Waals surface area contributed by atoms with Crippen molar-refractivity contribution in [2.45, 2.75) is 20.4 Å². The van der Waals surface area contributed by atoms with Crippen molar-refractivity contribution < 1.29 is 19.7 Å². The molecule has 1 aliphatic rings. The van der Waals surface area contributed by atoms with Gasteiger partial charge in [0.15, 0.2) is 11.5 Å². The van der Waals surface area contributed by atoms with E-state index in [0.717, 1.165) is 28.9 Å². The molecule has 0 fully saturated rings. The predicted octanol–water partition coefficient (Wildman–Crippen LogP) is 4.41. The van der Waals surface area contributed by atoms with Gasteiger partial charge in [-0.2, -0.15) is 0 Å². The number of benzene rings is 2. The summed E-state index contributed by atoms with van der Waals surface area (Å²) in [5.41, 5.74) is 4.26. The lowest BCUT2D eigenvalue weighted by Gasteiger charge is -2.30. The maximum Gasteiger partial charge on any atom is 0.336 e. The highest BCUT2D eigenvalue weighted by Crippen LogP contribution is 2.35. The molecule has 2 N–H and O–H groups in total. The second-order valence-corrected chi connectivity index (χ2v) is 7.27. The second kappa shape index (κ2) is 8.16. The Morgan fingerprint density at radius 3 is 2.73 bits per heavy atom. The average molecular weight is 404 g/mol. The smallest absolute Gasteiger partial charge is 0.336 e. The van der Waals surface area contributed by atoms with Crippen LogP contribution >= 0.6 is 0 Å². The Balaban J connectivity index is 1.92. The topological polar surface area (TPSA) is 82.9 Å². The van der Waals surface area contributed by atoms with Gasteiger partial charge >= 0.3 is 5.97 Å². The van der Waals surface area contributed by atoms with Crippen LogP contribution < -0.4 is 4.74 Å². The molecule has 0 saturated heterocycles. The fourth-order valence-corrected chi connectivity index (χ4v) is 3.94. The summed E-state index contributed by atoms with van der Waals surface area (Å²) in [7, 11) is 0. The number of hydrogen-bond acceptors (Lipinski definition) is 5. The Morgan fingerprint density at radius 2 is 2.00 bits per heavy atom. The molecule has 6 nitrogen and oxygen atoms in total. The van der Waals surface area contributed by atoms with Crippen molar-refractivity contribution in [3.8, 4) is 11.5 Å². The van der Waals surface area contributed by atoms with E-state index in [1.54, 1.807) is 12.1 Å². The van der Waals surface area contributed by atoms with Crippen molar-refractivity contribution in [3.63, 3.8) is 0 Å². The number of para-hydroxylation sites is 1. The summed E-state index contributed by atoms with van der Waals surface area (Å²) in [5, 5.41) is 20.6. The van der Waals surface area contributed by atoms with Crippen LogP contribution in [0, 0.1) is 0 Å². The SMILES string of the molecule is CCOc1cc(/C=C2\CN(CC)Cc3c2nc2ccccc2c3C(=O)O)ccc1O. The van der Waals surface area contributed by atoms with Crippen molar-refractivity contribution in [1.29, 1.82) is 0 Å². The fraction of sp³-hybridized carbons (Fsp3) is 0.250. The van der Waals surface area contributed by atoms with Gasteiger partial charge in [0.25, 0.3) is 0 Å². The monoisotopic (exact) mass is 404 g/mol. The number of carbonyl (C=O) groups is 1. The zero-order valence-electron chi connectivity index (χ0n) is 17.1. The van der Waals surface area contributed by atoms with Gasteiger partial charge in [-0.25, -0.2) is 9.78 Å². The van der Waals surface area contributed by atoms with Crippen LogP contribution in [0.5, 0.6) is 11.5 Å². The van der Waals surface area contributed by atoms with E-state index >= 15 is 0 Å². The summed E-state index contributed by atoms with van der Waals surface area (Å²) in [5.74, 6) is -0.422. The largest absolute Gasteiger partial charge is 0.504 e. The lowest BCUT2D eigenvalue weighted by atomic mass is 9.92. The average Bonchev–Trinajstić information content (AvgIpc) is 2.74. The highest BCUT2D eigenvalue weighted by molar-refractivity contribution is 6.06. The highest BCUT2D eigenvalue weighted by Gasteiger charge is 2.27. The van der Waals surface area contributed by atoms with E-state index in [1.807, 2.05) is 43.3 Å². The zero-order valence-corrected chi connectivity index (χ0v) is 17.1. The molecule has 1 aromatic heterocycles. The molecule has 0 aliphatic carbocycles. The highest BCUT2D eigenvalue weighted by atomic mass is 16.5. The molecule has 0 amide bonds. The van der Waals surface area contributed by atoms with Crippen molar-refractivity contribution >= 4 is 28.5 Å². The molecule has 0 radical (unpaired) electrons. The minimum atomic E-state index is -0.939. The van der Waals surface area contributed by atoms with Gasteiger partial charge in [-0.1, -0.05) is 31.2 Å². The van der Waals surface area contributed by atoms with E-state index in [4.69, 9.17) is 9.72 Å². The third kappa shape index (κ3) is 3.62. The molecule has 4 rings (SSSR count). The number of ether oxygens (including phenoxy) is 1. The van der Waals surface area contributed by atoms with Gasteiger partial charge in [0, 0.05) is 24.0 Å². The van der Waals surface area contributed by atoms with Gasteiger partial charge in [0.05, 0.1) is 23.4 Å². The molecule has 30 heavy (non-hydrogen) atoms. The number of aromatic nitrogens is 1. The molecule has 0 saturated carbocycles. The van der Waals surface area contributed by atoms with E-state index < -0.39 is 5.97 Å². The first-order valence-electron chi connectivity index (χ1n) is 10.1. The maximum absolute atomic E-state index is 12.2. The van der Waals surface area contributed by atoms with Crippen LogP contribution in [0.2, 0.25) is 0 Å². The minimum absolute atomic E-state index is 0.0931. The minimum Gasteiger partial charge on any atom is -0.504 e. The molecule has 1 aliphatic heterocycles. The van der Waals surface area contributed by atoms with Crippen molar-refractivity contribution in [2.24, 2.45) is 0 Å². The van der Waals surface area contributed by atoms with Crippen LogP contribution in [0.15, 0.2) is 42.5 Å². The molecule has 0 spiro atoms. The summed E-state index contributed by atoms with van der Waals surface area (Å²) in [6.45, 7) is 6.38. The molecule has 154 valence electrons. The maximum atomic E-state index is 12.2. The molecule has 2 heterocycles. The van der Waals surface area contributed by atoms with Crippen LogP contribution in [-0.4, -0.2) is 45.8 Å². The van der Waals surface area contributed by atoms with Crippen molar-refractivity contribution in [3.05, 3.63) is 64.8 Å². The number of carboxylic acid groups (broad SMARTS) is 1. The van der Waals surface area contributed by atoms with Gasteiger partial charge in [0.2, 0.25) is 0 Å². The Morgan fingerprint density at radius 1 is 1.20 bits per heavy atom. The number of aromatic hydroxyl groups is 1. The normalized spacial score (nSPS) is 15.3. The Kier molecular flexibility index (Phi) is 5.42. The quantitative estimate of drug-likeness (QED) is 0.655. The van der Waals surface area contributed by atoms with Crippen molar-refractivity contribution in [1.82, 2.24) is 9.88 Å². The molecule has 3 aromatic rings. The number of phenolic OH excluding ortho intramolecular Hbond substituents is 1. The number of phenols is 1. The molecular weight excluding hydrogens is 380 g/mol. The molecule has 0 atom stereocenters. The van der Waals surface area contributed by atoms with Crippen molar-refractivity contribution in [2.75, 3.05) is 19.7 Å². The number of likely N-dealkylation sites (N-methyl/N-ethyl adjacent to an activating group) is 1. The summed E-state index contributed by atoms with van der Waals surface area (Å²) in [4.78, 5) is 19.2. The molecule has 2 aromatic carbocycles. The molecule has 0 unspecified atom stereocenters. The summed E-state index contributed by atoms with van der Waals surface area (Å²) >= 11 is 0. The standard InChI is InChI=1S/C24H24N2O4/c1-3-26-13-16(11-15-9-10-20(27)21(12-15)30-4-2)23-18(14-26)22(24(28)29)17-7-5-6-8-19(17)25-23/h5-12,27H,3-4,13-14H2,1-2H3,(H,28,29)/b16-11+. The Labute approximate surface area is 175 Å². The second-order valence-electron chi connectivity index (χ2n) is 7.27. The first-order valence-corrected chi connectivity index (χ1v) is 10.1. The molecular formula is C24H24N2O4. The van der Waals surface area contributed by atoms with E-state index in [9.17, 15) is 15.0 Å². The number of carboxylic acids is 1. The Hall–Kier alpha value is -3.38. The molecule has 0 bridgehead atoms. The van der Waals surface area contributed by atoms with Crippen LogP contribution in [0.4, 0.5) is 0 Å². The third-order valence-corrected chi connectivity index (χ3v) is 5.36. The first-order chi connectivity index (χ1) is 14.5. The van der Waals surface area contributed by atoms with Crippen LogP contribution in [-0.2, 0) is 6.54 Å². The summed E-state index contributed by atoms with van der Waals surface area (Å²) in [6, 6.07) is 12.6. The number of fused-ring (bicyclic) bond motifs is 2. The van der Waals surface area contributed by atoms with Gasteiger partial charge < -0.3 is 14.9 Å². The van der Waals surface area contributed by atoms with Crippen LogP contribution in [0.25, 0.3) is 22.6 Å². The zero-order chi connectivity index (χ0) is 21.3. The van der Waals surface area contributed by atoms with Gasteiger partial charge in [0.1, 0.15) is 0 Å². The number of hydrogen-bond donors (Lipinski definition) is 2. The van der Waals surface area contributed by atoms with Gasteiger partial charge in [-0.3, -0.25) is 4.90 Å². The van der Waals surface area contributed by atoms with E-state index in [-0.39, 0.29) is 5.75 Å². The molecule has 6 heteroatoms. The van der Waals surface area contributed by atoms with E-state index in [0.29, 0.717) is 41.9 Å². The van der Waals surface area contributed by atoms with Gasteiger partial charge in [-0.05, 0) is 48.9 Å². The van der Waals surface area contributed by atoms with E-state index in [2.05, 4.69) is 11.8 Å². The third-order valence-electron chi connectivity index (χ3n) is 5.36. The number of pyridine rings is 1. The number of nitrogens with zero attached hydrogens (tertiary/aromatic N) is 2. The van der Waals surface area contributed by atoms with Crippen LogP contribution in [0.1, 0.15) is 41.0 Å². The Bertz CT molecular complexity index is 1150. The predicted molar refractivity (Wildman–Crippen MR) is 117 cm³/mol. The van der Waals surface area contributed by atoms with Crippen LogP contribution in [0.3, 0.4) is 0 Å². The number of rotatable bonds is 5.